The van der Waals surface area contributed by atoms with E-state index in [9.17, 15) is 0 Å². The molecule has 0 radical (unpaired) electrons. The number of para-hydroxylation sites is 1. The monoisotopic (exact) mass is 565 g/mol. The normalized spacial score (nSPS) is 11.7. The van der Waals surface area contributed by atoms with E-state index in [2.05, 4.69) is 121 Å². The van der Waals surface area contributed by atoms with Crippen molar-refractivity contribution in [3.8, 4) is 33.6 Å². The number of hydrogen-bond donors (Lipinski definition) is 0. The molecule has 0 aliphatic carbocycles. The Balaban J connectivity index is 1.19. The van der Waals surface area contributed by atoms with Gasteiger partial charge < -0.3 is 0 Å². The molecule has 9 aromatic rings. The van der Waals surface area contributed by atoms with Crippen LogP contribution in [0.5, 0.6) is 0 Å². The zero-order valence-electron chi connectivity index (χ0n) is 23.0. The van der Waals surface area contributed by atoms with Crippen LogP contribution in [0.15, 0.2) is 140 Å². The van der Waals surface area contributed by atoms with Crippen molar-refractivity contribution in [3.63, 3.8) is 0 Å². The van der Waals surface area contributed by atoms with Crippen molar-refractivity contribution in [3.05, 3.63) is 140 Å². The molecular formula is C39H23N3S. The van der Waals surface area contributed by atoms with Crippen molar-refractivity contribution in [2.45, 2.75) is 0 Å². The van der Waals surface area contributed by atoms with Gasteiger partial charge in [0.2, 0.25) is 0 Å². The van der Waals surface area contributed by atoms with Crippen molar-refractivity contribution >= 4 is 64.3 Å². The number of thiophene rings is 1. The second-order valence-corrected chi connectivity index (χ2v) is 11.9. The van der Waals surface area contributed by atoms with Gasteiger partial charge in [-0.15, -0.1) is 11.3 Å². The van der Waals surface area contributed by atoms with E-state index < -0.39 is 0 Å². The van der Waals surface area contributed by atoms with Crippen LogP contribution >= 0.6 is 11.3 Å². The van der Waals surface area contributed by atoms with E-state index in [4.69, 9.17) is 15.0 Å². The number of rotatable bonds is 3. The van der Waals surface area contributed by atoms with Gasteiger partial charge in [-0.3, -0.25) is 0 Å². The van der Waals surface area contributed by atoms with E-state index >= 15 is 0 Å². The number of pyridine rings is 3. The van der Waals surface area contributed by atoms with E-state index in [1.54, 1.807) is 0 Å². The number of fused-ring (bicyclic) bond motifs is 7. The maximum Gasteiger partial charge on any atom is 0.0972 e. The molecule has 0 aliphatic heterocycles. The molecule has 3 nitrogen and oxygen atoms in total. The highest BCUT2D eigenvalue weighted by Gasteiger charge is 2.16. The van der Waals surface area contributed by atoms with E-state index in [-0.39, 0.29) is 0 Å². The largest absolute Gasteiger partial charge is 0.246 e. The summed E-state index contributed by atoms with van der Waals surface area (Å²) >= 11 is 1.82. The van der Waals surface area contributed by atoms with Crippen LogP contribution in [0.4, 0.5) is 0 Å². The molecule has 0 atom stereocenters. The fourth-order valence-corrected chi connectivity index (χ4v) is 7.35. The molecule has 5 aromatic carbocycles. The lowest BCUT2D eigenvalue weighted by atomic mass is 9.98. The summed E-state index contributed by atoms with van der Waals surface area (Å²) in [6, 6.07) is 48.9. The van der Waals surface area contributed by atoms with Gasteiger partial charge in [0.1, 0.15) is 0 Å². The SMILES string of the molecule is c1ccc(-c2ccc3ccc4ccc(-c5ccc(-c6c7ccccc7nc7c6sc6ccccc67)cc5)nc4c3n2)cc1. The van der Waals surface area contributed by atoms with Crippen LogP contribution in [0, 0.1) is 0 Å². The van der Waals surface area contributed by atoms with E-state index in [1.165, 1.54) is 31.3 Å². The highest BCUT2D eigenvalue weighted by molar-refractivity contribution is 7.26. The second-order valence-electron chi connectivity index (χ2n) is 10.8. The third-order valence-electron chi connectivity index (χ3n) is 8.26. The molecule has 9 rings (SSSR count). The first kappa shape index (κ1) is 24.2. The Bertz CT molecular complexity index is 2500. The van der Waals surface area contributed by atoms with Crippen molar-refractivity contribution in [1.29, 1.82) is 0 Å². The Kier molecular flexibility index (Phi) is 5.37. The lowest BCUT2D eigenvalue weighted by molar-refractivity contribution is 1.36. The zero-order chi connectivity index (χ0) is 28.3. The minimum absolute atomic E-state index is 0.920. The molecule has 43 heavy (non-hydrogen) atoms. The number of hydrogen-bond acceptors (Lipinski definition) is 4. The highest BCUT2D eigenvalue weighted by Crippen LogP contribution is 2.43. The molecule has 0 fully saturated rings. The third kappa shape index (κ3) is 3.92. The van der Waals surface area contributed by atoms with Gasteiger partial charge in [0.15, 0.2) is 0 Å². The summed E-state index contributed by atoms with van der Waals surface area (Å²) in [7, 11) is 0. The summed E-state index contributed by atoms with van der Waals surface area (Å²) in [6.45, 7) is 0. The molecule has 0 amide bonds. The van der Waals surface area contributed by atoms with Crippen molar-refractivity contribution in [2.24, 2.45) is 0 Å². The van der Waals surface area contributed by atoms with Crippen molar-refractivity contribution in [2.75, 3.05) is 0 Å². The minimum atomic E-state index is 0.920. The molecule has 4 heteroatoms. The number of aromatic nitrogens is 3. The Hall–Kier alpha value is -5.45. The molecule has 0 unspecified atom stereocenters. The summed E-state index contributed by atoms with van der Waals surface area (Å²) in [6.07, 6.45) is 0. The summed E-state index contributed by atoms with van der Waals surface area (Å²) in [5.41, 5.74) is 10.4. The van der Waals surface area contributed by atoms with Gasteiger partial charge in [-0.25, -0.2) is 15.0 Å². The van der Waals surface area contributed by atoms with Gasteiger partial charge in [-0.1, -0.05) is 115 Å². The Labute approximate surface area is 251 Å². The predicted octanol–water partition coefficient (Wildman–Crippen LogP) is 10.7. The molecule has 200 valence electrons. The number of benzene rings is 5. The van der Waals surface area contributed by atoms with Crippen LogP contribution in [-0.4, -0.2) is 15.0 Å². The lowest BCUT2D eigenvalue weighted by Crippen LogP contribution is -1.91. The fraction of sp³-hybridized carbons (Fsp3) is 0. The van der Waals surface area contributed by atoms with Crippen LogP contribution in [-0.2, 0) is 0 Å². The Morgan fingerprint density at radius 2 is 0.953 bits per heavy atom. The van der Waals surface area contributed by atoms with E-state index in [0.717, 1.165) is 55.4 Å². The molecule has 0 saturated carbocycles. The second kappa shape index (κ2) is 9.55. The van der Waals surface area contributed by atoms with Gasteiger partial charge in [-0.2, -0.15) is 0 Å². The smallest absolute Gasteiger partial charge is 0.0972 e. The first-order chi connectivity index (χ1) is 21.3. The summed E-state index contributed by atoms with van der Waals surface area (Å²) in [4.78, 5) is 15.3. The molecule has 0 aliphatic rings. The maximum absolute atomic E-state index is 5.17. The molecule has 0 bridgehead atoms. The van der Waals surface area contributed by atoms with Crippen LogP contribution in [0.3, 0.4) is 0 Å². The first-order valence-corrected chi connectivity index (χ1v) is 15.2. The van der Waals surface area contributed by atoms with Gasteiger partial charge >= 0.3 is 0 Å². The van der Waals surface area contributed by atoms with Gasteiger partial charge in [0, 0.05) is 42.9 Å². The van der Waals surface area contributed by atoms with Crippen LogP contribution in [0.2, 0.25) is 0 Å². The average Bonchev–Trinajstić information content (AvgIpc) is 3.45. The number of nitrogens with zero attached hydrogens (tertiary/aromatic N) is 3. The standard InChI is InChI=1S/C39H23N3S/c1-2-8-24(9-3-1)31-22-20-27-18-19-28-21-23-32(41-37(28)36(27)40-31)25-14-16-26(17-15-25)35-29-10-4-6-12-33(29)42-38-30-11-5-7-13-34(30)43-39(35)38/h1-23H. The van der Waals surface area contributed by atoms with Crippen molar-refractivity contribution < 1.29 is 0 Å². The van der Waals surface area contributed by atoms with Gasteiger partial charge in [0.25, 0.3) is 0 Å². The van der Waals surface area contributed by atoms with E-state index in [0.29, 0.717) is 0 Å². The minimum Gasteiger partial charge on any atom is -0.246 e. The summed E-state index contributed by atoms with van der Waals surface area (Å²) in [5.74, 6) is 0. The topological polar surface area (TPSA) is 38.7 Å². The highest BCUT2D eigenvalue weighted by atomic mass is 32.1. The fourth-order valence-electron chi connectivity index (χ4n) is 6.13. The van der Waals surface area contributed by atoms with Gasteiger partial charge in [-0.05, 0) is 29.8 Å². The van der Waals surface area contributed by atoms with Crippen molar-refractivity contribution in [1.82, 2.24) is 15.0 Å². The van der Waals surface area contributed by atoms with E-state index in [1.807, 2.05) is 29.5 Å². The Morgan fingerprint density at radius 3 is 1.67 bits per heavy atom. The quantitative estimate of drug-likeness (QED) is 0.200. The molecule has 0 N–H and O–H groups in total. The van der Waals surface area contributed by atoms with Crippen LogP contribution in [0.25, 0.3) is 86.7 Å². The maximum atomic E-state index is 5.17. The zero-order valence-corrected chi connectivity index (χ0v) is 23.8. The molecule has 0 spiro atoms. The summed E-state index contributed by atoms with van der Waals surface area (Å²) < 4.78 is 2.48. The molecular weight excluding hydrogens is 543 g/mol. The molecule has 0 saturated heterocycles. The van der Waals surface area contributed by atoms with Crippen LogP contribution in [0.1, 0.15) is 0 Å². The molecule has 4 aromatic heterocycles. The lowest BCUT2D eigenvalue weighted by Gasteiger charge is -2.11. The first-order valence-electron chi connectivity index (χ1n) is 14.4. The molecule has 4 heterocycles. The van der Waals surface area contributed by atoms with Crippen LogP contribution < -0.4 is 0 Å². The summed E-state index contributed by atoms with van der Waals surface area (Å²) in [5, 5.41) is 4.55. The third-order valence-corrected chi connectivity index (χ3v) is 9.44. The Morgan fingerprint density at radius 1 is 0.395 bits per heavy atom. The average molecular weight is 566 g/mol. The van der Waals surface area contributed by atoms with Gasteiger partial charge in [0.05, 0.1) is 38.2 Å². The predicted molar refractivity (Wildman–Crippen MR) is 182 cm³/mol.